The van der Waals surface area contributed by atoms with Gasteiger partial charge in [-0.05, 0) is 31.0 Å². The maximum Gasteiger partial charge on any atom is 0.161 e. The molecule has 1 fully saturated rings. The topological polar surface area (TPSA) is 50.5 Å². The lowest BCUT2D eigenvalue weighted by molar-refractivity contribution is 0.373. The second-order valence-corrected chi connectivity index (χ2v) is 5.85. The van der Waals surface area contributed by atoms with Gasteiger partial charge in [-0.1, -0.05) is 0 Å². The minimum atomic E-state index is 0.166. The summed E-state index contributed by atoms with van der Waals surface area (Å²) < 4.78 is 7.20. The first-order valence-electron chi connectivity index (χ1n) is 7.38. The van der Waals surface area contributed by atoms with Gasteiger partial charge >= 0.3 is 0 Å². The number of hydrogen-bond donors (Lipinski definition) is 1. The number of hydrogen-bond acceptors (Lipinski definition) is 4. The molecule has 0 spiro atoms. The van der Waals surface area contributed by atoms with Crippen LogP contribution < -0.4 is 9.64 Å². The molecule has 5 nitrogen and oxygen atoms in total. The average Bonchev–Trinajstić information content (AvgIpc) is 2.88. The van der Waals surface area contributed by atoms with E-state index in [1.807, 2.05) is 23.9 Å². The van der Waals surface area contributed by atoms with Crippen molar-refractivity contribution in [1.29, 1.82) is 0 Å². The number of nitrogens with zero attached hydrogens (tertiary/aromatic N) is 3. The van der Waals surface area contributed by atoms with Gasteiger partial charge in [-0.3, -0.25) is 4.68 Å². The van der Waals surface area contributed by atoms with Crippen molar-refractivity contribution in [3.63, 3.8) is 0 Å². The highest BCUT2D eigenvalue weighted by atomic mass is 16.5. The van der Waals surface area contributed by atoms with Gasteiger partial charge in [-0.25, -0.2) is 0 Å². The molecule has 0 unspecified atom stereocenters. The number of rotatable bonds is 2. The molecule has 5 rings (SSSR count). The average molecular weight is 285 g/mol. The van der Waals surface area contributed by atoms with E-state index < -0.39 is 0 Å². The van der Waals surface area contributed by atoms with Crippen LogP contribution in [-0.4, -0.2) is 35.1 Å². The summed E-state index contributed by atoms with van der Waals surface area (Å²) in [5.74, 6) is 1.27. The van der Waals surface area contributed by atoms with Crippen molar-refractivity contribution in [3.8, 4) is 22.8 Å². The SMILES string of the molecule is COc1cc(-c2c3c(nn2C)C2CCN3CC2)ccc1O. The second kappa shape index (κ2) is 4.41. The fourth-order valence-corrected chi connectivity index (χ4v) is 3.65. The molecule has 1 saturated heterocycles. The highest BCUT2D eigenvalue weighted by molar-refractivity contribution is 5.80. The lowest BCUT2D eigenvalue weighted by Crippen LogP contribution is -2.38. The van der Waals surface area contributed by atoms with E-state index in [1.165, 1.54) is 24.2 Å². The van der Waals surface area contributed by atoms with E-state index in [1.54, 1.807) is 13.2 Å². The third-order valence-electron chi connectivity index (χ3n) is 4.70. The van der Waals surface area contributed by atoms with Gasteiger partial charge in [0.05, 0.1) is 24.2 Å². The Balaban J connectivity index is 1.90. The first-order chi connectivity index (χ1) is 10.2. The van der Waals surface area contributed by atoms with Crippen molar-refractivity contribution in [2.75, 3.05) is 25.1 Å². The van der Waals surface area contributed by atoms with Gasteiger partial charge in [0.25, 0.3) is 0 Å². The lowest BCUT2D eigenvalue weighted by Gasteiger charge is -2.39. The van der Waals surface area contributed by atoms with Crippen molar-refractivity contribution in [3.05, 3.63) is 23.9 Å². The van der Waals surface area contributed by atoms with Crippen LogP contribution in [0, 0.1) is 0 Å². The van der Waals surface area contributed by atoms with Crippen LogP contribution in [0.3, 0.4) is 0 Å². The van der Waals surface area contributed by atoms with Gasteiger partial charge in [0.1, 0.15) is 0 Å². The molecule has 5 heteroatoms. The third-order valence-corrected chi connectivity index (χ3v) is 4.70. The molecule has 0 atom stereocenters. The van der Waals surface area contributed by atoms with Gasteiger partial charge < -0.3 is 14.7 Å². The highest BCUT2D eigenvalue weighted by Gasteiger charge is 2.36. The molecule has 2 bridgehead atoms. The summed E-state index contributed by atoms with van der Waals surface area (Å²) >= 11 is 0. The highest BCUT2D eigenvalue weighted by Crippen LogP contribution is 2.47. The number of aryl methyl sites for hydroxylation is 1. The van der Waals surface area contributed by atoms with Gasteiger partial charge in [0, 0.05) is 31.6 Å². The predicted molar refractivity (Wildman–Crippen MR) is 81.0 cm³/mol. The molecule has 2 aromatic rings. The largest absolute Gasteiger partial charge is 0.504 e. The quantitative estimate of drug-likeness (QED) is 0.921. The molecule has 1 N–H and O–H groups in total. The van der Waals surface area contributed by atoms with Gasteiger partial charge in [-0.15, -0.1) is 0 Å². The summed E-state index contributed by atoms with van der Waals surface area (Å²) in [6, 6.07) is 5.50. The minimum Gasteiger partial charge on any atom is -0.504 e. The minimum absolute atomic E-state index is 0.166. The Morgan fingerprint density at radius 1 is 1.29 bits per heavy atom. The van der Waals surface area contributed by atoms with Crippen LogP contribution in [-0.2, 0) is 7.05 Å². The Hall–Kier alpha value is -2.17. The van der Waals surface area contributed by atoms with Gasteiger partial charge in [0.2, 0.25) is 0 Å². The fraction of sp³-hybridized carbons (Fsp3) is 0.438. The number of piperidine rings is 1. The van der Waals surface area contributed by atoms with Crippen LogP contribution in [0.5, 0.6) is 11.5 Å². The first kappa shape index (κ1) is 12.6. The molecule has 1 aromatic heterocycles. The summed E-state index contributed by atoms with van der Waals surface area (Å²) in [6.45, 7) is 2.23. The van der Waals surface area contributed by atoms with Crippen molar-refractivity contribution in [2.45, 2.75) is 18.8 Å². The molecule has 0 saturated carbocycles. The lowest BCUT2D eigenvalue weighted by atomic mass is 9.86. The number of aromatic hydroxyl groups is 1. The van der Waals surface area contributed by atoms with Crippen molar-refractivity contribution < 1.29 is 9.84 Å². The number of methoxy groups -OCH3 is 1. The van der Waals surface area contributed by atoms with E-state index in [0.29, 0.717) is 11.7 Å². The molecule has 0 radical (unpaired) electrons. The molecule has 4 heterocycles. The number of ether oxygens (including phenoxy) is 1. The van der Waals surface area contributed by atoms with Crippen molar-refractivity contribution in [2.24, 2.45) is 7.05 Å². The van der Waals surface area contributed by atoms with Crippen molar-refractivity contribution in [1.82, 2.24) is 9.78 Å². The summed E-state index contributed by atoms with van der Waals surface area (Å²) in [6.07, 6.45) is 2.42. The van der Waals surface area contributed by atoms with Crippen LogP contribution in [0.2, 0.25) is 0 Å². The molecule has 0 amide bonds. The Morgan fingerprint density at radius 3 is 2.76 bits per heavy atom. The second-order valence-electron chi connectivity index (χ2n) is 5.85. The van der Waals surface area contributed by atoms with E-state index in [2.05, 4.69) is 4.90 Å². The zero-order valence-corrected chi connectivity index (χ0v) is 12.3. The van der Waals surface area contributed by atoms with Gasteiger partial charge in [0.15, 0.2) is 11.5 Å². The summed E-state index contributed by atoms with van der Waals surface area (Å²) in [4.78, 5) is 2.44. The molecular formula is C16H19N3O2. The molecule has 0 aliphatic carbocycles. The number of fused-ring (bicyclic) bond motifs is 2. The van der Waals surface area contributed by atoms with E-state index >= 15 is 0 Å². The van der Waals surface area contributed by atoms with Crippen LogP contribution in [0.25, 0.3) is 11.3 Å². The summed E-state index contributed by atoms with van der Waals surface area (Å²) in [5, 5.41) is 14.5. The first-order valence-corrected chi connectivity index (χ1v) is 7.38. The number of aromatic nitrogens is 2. The maximum atomic E-state index is 9.79. The van der Waals surface area contributed by atoms with Crippen molar-refractivity contribution >= 4 is 5.69 Å². The number of phenolic OH excluding ortho intramolecular Hbond substituents is 1. The smallest absolute Gasteiger partial charge is 0.161 e. The molecule has 110 valence electrons. The molecule has 3 aliphatic rings. The summed E-state index contributed by atoms with van der Waals surface area (Å²) in [7, 11) is 3.57. The van der Waals surface area contributed by atoms with E-state index in [-0.39, 0.29) is 5.75 Å². The van der Waals surface area contributed by atoms with Crippen LogP contribution in [0.4, 0.5) is 5.69 Å². The molecule has 21 heavy (non-hydrogen) atoms. The third kappa shape index (κ3) is 1.73. The molecule has 3 aliphatic heterocycles. The predicted octanol–water partition coefficient (Wildman–Crippen LogP) is 2.50. The van der Waals surface area contributed by atoms with Crippen LogP contribution in [0.15, 0.2) is 18.2 Å². The van der Waals surface area contributed by atoms with E-state index in [0.717, 1.165) is 24.3 Å². The van der Waals surface area contributed by atoms with Gasteiger partial charge in [-0.2, -0.15) is 5.10 Å². The Bertz CT molecular complexity index is 700. The zero-order chi connectivity index (χ0) is 14.6. The molecular weight excluding hydrogens is 266 g/mol. The Morgan fingerprint density at radius 2 is 2.05 bits per heavy atom. The fourth-order valence-electron chi connectivity index (χ4n) is 3.65. The standard InChI is InChI=1S/C16H19N3O2/c1-18-15(11-3-4-12(20)13(9-11)21-2)16-14(17-18)10-5-7-19(16)8-6-10/h3-4,9-10,20H,5-8H2,1-2H3. The number of benzene rings is 1. The van der Waals surface area contributed by atoms with E-state index in [4.69, 9.17) is 9.84 Å². The van der Waals surface area contributed by atoms with E-state index in [9.17, 15) is 5.11 Å². The Labute approximate surface area is 123 Å². The monoisotopic (exact) mass is 285 g/mol. The number of anilines is 1. The molecule has 1 aromatic carbocycles. The zero-order valence-electron chi connectivity index (χ0n) is 12.3. The normalized spacial score (nSPS) is 17.1. The summed E-state index contributed by atoms with van der Waals surface area (Å²) in [5.41, 5.74) is 4.66. The number of phenols is 1. The van der Waals surface area contributed by atoms with Crippen LogP contribution >= 0.6 is 0 Å². The Kier molecular flexibility index (Phi) is 2.64. The van der Waals surface area contributed by atoms with Crippen LogP contribution in [0.1, 0.15) is 24.5 Å². The maximum absolute atomic E-state index is 9.79.